The second kappa shape index (κ2) is 7.08. The molecule has 0 saturated carbocycles. The van der Waals surface area contributed by atoms with Crippen LogP contribution >= 0.6 is 0 Å². The van der Waals surface area contributed by atoms with E-state index in [0.29, 0.717) is 11.4 Å². The summed E-state index contributed by atoms with van der Waals surface area (Å²) in [5.41, 5.74) is 0.968. The number of aliphatic hydroxyl groups is 1. The van der Waals surface area contributed by atoms with Crippen LogP contribution < -0.4 is 0 Å². The molecular formula is C16H26N2O3S. The van der Waals surface area contributed by atoms with Crippen LogP contribution in [0, 0.1) is 0 Å². The normalized spacial score (nSPS) is 22.0. The summed E-state index contributed by atoms with van der Waals surface area (Å²) >= 11 is 0. The van der Waals surface area contributed by atoms with Crippen LogP contribution in [-0.4, -0.2) is 55.5 Å². The summed E-state index contributed by atoms with van der Waals surface area (Å²) in [5.74, 6) is 0. The first-order valence-corrected chi connectivity index (χ1v) is 9.20. The van der Waals surface area contributed by atoms with Crippen molar-refractivity contribution in [2.45, 2.75) is 49.8 Å². The first kappa shape index (κ1) is 17.4. The van der Waals surface area contributed by atoms with Gasteiger partial charge in [-0.1, -0.05) is 18.6 Å². The average Bonchev–Trinajstić information content (AvgIpc) is 2.47. The van der Waals surface area contributed by atoms with Crippen LogP contribution in [0.5, 0.6) is 0 Å². The number of likely N-dealkylation sites (tertiary alicyclic amines) is 1. The van der Waals surface area contributed by atoms with E-state index in [-0.39, 0.29) is 12.1 Å². The third-order valence-electron chi connectivity index (χ3n) is 4.28. The first-order valence-electron chi connectivity index (χ1n) is 7.76. The highest BCUT2D eigenvalue weighted by atomic mass is 32.2. The molecule has 0 aromatic heterocycles. The molecule has 1 aliphatic rings. The SMILES string of the molecule is C[C@H](O)[C@H]1CCCCN1Cc1cccc(S(=O)(=O)N(C)C)c1. The molecule has 1 aliphatic heterocycles. The monoisotopic (exact) mass is 326 g/mol. The number of aliphatic hydroxyl groups excluding tert-OH is 1. The summed E-state index contributed by atoms with van der Waals surface area (Å²) < 4.78 is 25.7. The van der Waals surface area contributed by atoms with Gasteiger partial charge in [-0.15, -0.1) is 0 Å². The molecule has 22 heavy (non-hydrogen) atoms. The number of sulfonamides is 1. The Morgan fingerprint density at radius 2 is 2.09 bits per heavy atom. The minimum atomic E-state index is -3.40. The zero-order valence-corrected chi connectivity index (χ0v) is 14.4. The minimum absolute atomic E-state index is 0.155. The third-order valence-corrected chi connectivity index (χ3v) is 6.09. The summed E-state index contributed by atoms with van der Waals surface area (Å²) in [5, 5.41) is 9.94. The first-order chi connectivity index (χ1) is 10.3. The molecular weight excluding hydrogens is 300 g/mol. The van der Waals surface area contributed by atoms with E-state index in [4.69, 9.17) is 0 Å². The number of hydrogen-bond acceptors (Lipinski definition) is 4. The molecule has 1 heterocycles. The van der Waals surface area contributed by atoms with Gasteiger partial charge in [0.25, 0.3) is 0 Å². The molecule has 0 amide bonds. The summed E-state index contributed by atoms with van der Waals surface area (Å²) in [4.78, 5) is 2.58. The lowest BCUT2D eigenvalue weighted by Crippen LogP contribution is -2.45. The Balaban J connectivity index is 2.20. The maximum absolute atomic E-state index is 12.2. The molecule has 5 nitrogen and oxygen atoms in total. The fourth-order valence-electron chi connectivity index (χ4n) is 3.01. The molecule has 0 radical (unpaired) electrons. The van der Waals surface area contributed by atoms with Crippen LogP contribution in [0.1, 0.15) is 31.7 Å². The Labute approximate surface area is 133 Å². The minimum Gasteiger partial charge on any atom is -0.392 e. The fraction of sp³-hybridized carbons (Fsp3) is 0.625. The van der Waals surface area contributed by atoms with Crippen LogP contribution in [0.3, 0.4) is 0 Å². The van der Waals surface area contributed by atoms with Crippen molar-refractivity contribution in [1.82, 2.24) is 9.21 Å². The molecule has 1 N–H and O–H groups in total. The van der Waals surface area contributed by atoms with Crippen molar-refractivity contribution in [3.05, 3.63) is 29.8 Å². The van der Waals surface area contributed by atoms with Crippen molar-refractivity contribution in [3.8, 4) is 0 Å². The van der Waals surface area contributed by atoms with Gasteiger partial charge in [0, 0.05) is 26.7 Å². The van der Waals surface area contributed by atoms with Crippen molar-refractivity contribution in [2.75, 3.05) is 20.6 Å². The predicted molar refractivity (Wildman–Crippen MR) is 87.0 cm³/mol. The van der Waals surface area contributed by atoms with Crippen molar-refractivity contribution in [3.63, 3.8) is 0 Å². The van der Waals surface area contributed by atoms with Crippen molar-refractivity contribution < 1.29 is 13.5 Å². The number of rotatable bonds is 5. The Kier molecular flexibility index (Phi) is 5.60. The Hall–Kier alpha value is -0.950. The summed E-state index contributed by atoms with van der Waals surface area (Å²) in [7, 11) is -0.329. The van der Waals surface area contributed by atoms with Gasteiger partial charge in [0.05, 0.1) is 11.0 Å². The number of piperidine rings is 1. The Morgan fingerprint density at radius 3 is 2.73 bits per heavy atom. The lowest BCUT2D eigenvalue weighted by Gasteiger charge is -2.37. The average molecular weight is 326 g/mol. The molecule has 1 saturated heterocycles. The molecule has 124 valence electrons. The largest absolute Gasteiger partial charge is 0.392 e. The summed E-state index contributed by atoms with van der Waals surface area (Å²) in [6.45, 7) is 3.45. The molecule has 1 aromatic carbocycles. The van der Waals surface area contributed by atoms with E-state index in [1.807, 2.05) is 13.0 Å². The maximum Gasteiger partial charge on any atom is 0.242 e. The maximum atomic E-state index is 12.2. The van der Waals surface area contributed by atoms with E-state index in [0.717, 1.165) is 31.4 Å². The molecule has 0 bridgehead atoms. The van der Waals surface area contributed by atoms with E-state index in [2.05, 4.69) is 4.90 Å². The van der Waals surface area contributed by atoms with Gasteiger partial charge in [0.1, 0.15) is 0 Å². The topological polar surface area (TPSA) is 60.9 Å². The van der Waals surface area contributed by atoms with Gasteiger partial charge >= 0.3 is 0 Å². The van der Waals surface area contributed by atoms with E-state index in [1.165, 1.54) is 18.4 Å². The Bertz CT molecular complexity index is 599. The van der Waals surface area contributed by atoms with E-state index in [1.54, 1.807) is 18.2 Å². The van der Waals surface area contributed by atoms with Crippen LogP contribution in [0.25, 0.3) is 0 Å². The second-order valence-corrected chi connectivity index (χ2v) is 8.36. The van der Waals surface area contributed by atoms with Gasteiger partial charge in [-0.25, -0.2) is 12.7 Å². The van der Waals surface area contributed by atoms with E-state index >= 15 is 0 Å². The van der Waals surface area contributed by atoms with Gasteiger partial charge in [0.15, 0.2) is 0 Å². The molecule has 0 unspecified atom stereocenters. The van der Waals surface area contributed by atoms with Gasteiger partial charge in [-0.05, 0) is 44.0 Å². The predicted octanol–water partition coefficient (Wildman–Crippen LogP) is 1.67. The summed E-state index contributed by atoms with van der Waals surface area (Å²) in [6, 6.07) is 7.25. The molecule has 1 aromatic rings. The van der Waals surface area contributed by atoms with E-state index < -0.39 is 10.0 Å². The third kappa shape index (κ3) is 3.87. The van der Waals surface area contributed by atoms with Crippen molar-refractivity contribution >= 4 is 10.0 Å². The van der Waals surface area contributed by atoms with Gasteiger partial charge < -0.3 is 5.11 Å². The van der Waals surface area contributed by atoms with Crippen molar-refractivity contribution in [2.24, 2.45) is 0 Å². The molecule has 2 atom stereocenters. The van der Waals surface area contributed by atoms with Crippen molar-refractivity contribution in [1.29, 1.82) is 0 Å². The van der Waals surface area contributed by atoms with Gasteiger partial charge in [-0.3, -0.25) is 4.90 Å². The zero-order valence-electron chi connectivity index (χ0n) is 13.6. The standard InChI is InChI=1S/C16H26N2O3S/c1-13(19)16-9-4-5-10-18(16)12-14-7-6-8-15(11-14)22(20,21)17(2)3/h6-8,11,13,16,19H,4-5,9-10,12H2,1-3H3/t13-,16+/m0/s1. The van der Waals surface area contributed by atoms with Crippen LogP contribution in [0.15, 0.2) is 29.2 Å². The lowest BCUT2D eigenvalue weighted by atomic mass is 9.97. The smallest absolute Gasteiger partial charge is 0.242 e. The van der Waals surface area contributed by atoms with Gasteiger partial charge in [-0.2, -0.15) is 0 Å². The fourth-order valence-corrected chi connectivity index (χ4v) is 3.98. The van der Waals surface area contributed by atoms with E-state index in [9.17, 15) is 13.5 Å². The lowest BCUT2D eigenvalue weighted by molar-refractivity contribution is 0.0316. The number of benzene rings is 1. The zero-order chi connectivity index (χ0) is 16.3. The molecule has 1 fully saturated rings. The molecule has 2 rings (SSSR count). The second-order valence-electron chi connectivity index (χ2n) is 6.21. The molecule has 0 aliphatic carbocycles. The van der Waals surface area contributed by atoms with Gasteiger partial charge in [0.2, 0.25) is 10.0 Å². The molecule has 6 heteroatoms. The quantitative estimate of drug-likeness (QED) is 0.894. The van der Waals surface area contributed by atoms with Crippen LogP contribution in [-0.2, 0) is 16.6 Å². The highest BCUT2D eigenvalue weighted by Gasteiger charge is 2.26. The molecule has 0 spiro atoms. The number of hydrogen-bond donors (Lipinski definition) is 1. The summed E-state index contributed by atoms with van der Waals surface area (Å²) in [6.07, 6.45) is 2.89. The van der Waals surface area contributed by atoms with Crippen LogP contribution in [0.4, 0.5) is 0 Å². The van der Waals surface area contributed by atoms with Crippen LogP contribution in [0.2, 0.25) is 0 Å². The highest BCUT2D eigenvalue weighted by Crippen LogP contribution is 2.23. The Morgan fingerprint density at radius 1 is 1.36 bits per heavy atom. The number of nitrogens with zero attached hydrogens (tertiary/aromatic N) is 2. The highest BCUT2D eigenvalue weighted by molar-refractivity contribution is 7.89.